The lowest BCUT2D eigenvalue weighted by atomic mass is 10.1. The van der Waals surface area contributed by atoms with Crippen LogP contribution >= 0.6 is 11.8 Å². The summed E-state index contributed by atoms with van der Waals surface area (Å²) >= 11 is 0.992. The van der Waals surface area contributed by atoms with Crippen LogP contribution in [0.15, 0.2) is 66.7 Å². The maximum atomic E-state index is 11.8. The van der Waals surface area contributed by atoms with Crippen molar-refractivity contribution in [2.45, 2.75) is 31.4 Å². The van der Waals surface area contributed by atoms with Gasteiger partial charge < -0.3 is 18.9 Å². The molecule has 0 bridgehead atoms. The summed E-state index contributed by atoms with van der Waals surface area (Å²) in [5, 5.41) is 1.49. The molecular weight excluding hydrogens is 478 g/mol. The third-order valence-electron chi connectivity index (χ3n) is 5.53. The van der Waals surface area contributed by atoms with Crippen molar-refractivity contribution < 1.29 is 28.5 Å². The molecule has 0 aromatic heterocycles. The molecule has 2 amide bonds. The minimum Gasteiger partial charge on any atom is -0.497 e. The number of imide groups is 1. The standard InChI is InChI=1S/C28H29NO6S/c1-3-5-20-18-24(35-23-12-10-21(32-2)11-13-23)14-15-25(20)34-17-4-16-33-22-8-6-19(7-9-22)26-27(30)29-28(31)36-26/h6-15,18,26H,3-5,16-17H2,1-2H3,(H,29,30,31). The Bertz CT molecular complexity index is 1180. The van der Waals surface area contributed by atoms with Crippen molar-refractivity contribution in [3.8, 4) is 28.7 Å². The second kappa shape index (κ2) is 12.4. The van der Waals surface area contributed by atoms with E-state index in [1.165, 1.54) is 0 Å². The molecule has 1 fully saturated rings. The fraction of sp³-hybridized carbons (Fsp3) is 0.286. The lowest BCUT2D eigenvalue weighted by Gasteiger charge is -2.14. The van der Waals surface area contributed by atoms with Crippen LogP contribution in [-0.4, -0.2) is 31.5 Å². The minimum absolute atomic E-state index is 0.279. The van der Waals surface area contributed by atoms with Gasteiger partial charge in [-0.1, -0.05) is 25.5 Å². The zero-order valence-electron chi connectivity index (χ0n) is 20.3. The Morgan fingerprint density at radius 2 is 1.50 bits per heavy atom. The molecule has 1 heterocycles. The predicted molar refractivity (Wildman–Crippen MR) is 139 cm³/mol. The molecule has 36 heavy (non-hydrogen) atoms. The molecule has 4 rings (SSSR count). The van der Waals surface area contributed by atoms with Crippen molar-refractivity contribution in [1.29, 1.82) is 0 Å². The number of hydrogen-bond acceptors (Lipinski definition) is 7. The van der Waals surface area contributed by atoms with E-state index in [2.05, 4.69) is 12.2 Å². The Morgan fingerprint density at radius 3 is 2.17 bits per heavy atom. The Hall–Kier alpha value is -3.65. The molecule has 7 nitrogen and oxygen atoms in total. The number of carbonyl (C=O) groups is 2. The highest BCUT2D eigenvalue weighted by Crippen LogP contribution is 2.35. The average Bonchev–Trinajstić information content (AvgIpc) is 3.23. The second-order valence-corrected chi connectivity index (χ2v) is 9.27. The maximum Gasteiger partial charge on any atom is 0.286 e. The highest BCUT2D eigenvalue weighted by molar-refractivity contribution is 8.15. The van der Waals surface area contributed by atoms with Crippen molar-refractivity contribution in [3.63, 3.8) is 0 Å². The molecular formula is C28H29NO6S. The van der Waals surface area contributed by atoms with E-state index >= 15 is 0 Å². The van der Waals surface area contributed by atoms with Crippen molar-refractivity contribution in [2.24, 2.45) is 0 Å². The van der Waals surface area contributed by atoms with Gasteiger partial charge in [-0.25, -0.2) is 0 Å². The number of ether oxygens (including phenoxy) is 4. The van der Waals surface area contributed by atoms with E-state index in [1.807, 2.05) is 66.7 Å². The number of aryl methyl sites for hydroxylation is 1. The monoisotopic (exact) mass is 507 g/mol. The molecule has 0 spiro atoms. The molecule has 3 aromatic carbocycles. The first-order valence-corrected chi connectivity index (χ1v) is 12.8. The summed E-state index contributed by atoms with van der Waals surface area (Å²) in [6.45, 7) is 3.16. The van der Waals surface area contributed by atoms with Crippen LogP contribution in [0.3, 0.4) is 0 Å². The summed E-state index contributed by atoms with van der Waals surface area (Å²) in [6.07, 6.45) is 2.60. The van der Waals surface area contributed by atoms with Crippen LogP contribution in [0, 0.1) is 0 Å². The van der Waals surface area contributed by atoms with E-state index in [0.29, 0.717) is 25.4 Å². The highest BCUT2D eigenvalue weighted by Gasteiger charge is 2.32. The molecule has 1 atom stereocenters. The summed E-state index contributed by atoms with van der Waals surface area (Å²) < 4.78 is 23.0. The van der Waals surface area contributed by atoms with Gasteiger partial charge in [0.05, 0.1) is 20.3 Å². The van der Waals surface area contributed by atoms with Crippen molar-refractivity contribution in [1.82, 2.24) is 5.32 Å². The van der Waals surface area contributed by atoms with Gasteiger partial charge in [0.15, 0.2) is 0 Å². The van der Waals surface area contributed by atoms with E-state index in [-0.39, 0.29) is 11.1 Å². The molecule has 1 unspecified atom stereocenters. The smallest absolute Gasteiger partial charge is 0.286 e. The van der Waals surface area contributed by atoms with Crippen molar-refractivity contribution >= 4 is 22.9 Å². The molecule has 188 valence electrons. The van der Waals surface area contributed by atoms with Crippen LogP contribution < -0.4 is 24.3 Å². The first-order chi connectivity index (χ1) is 17.6. The quantitative estimate of drug-likeness (QED) is 0.288. The van der Waals surface area contributed by atoms with Crippen LogP contribution in [-0.2, 0) is 11.2 Å². The Kier molecular flexibility index (Phi) is 8.73. The first kappa shape index (κ1) is 25.4. The summed E-state index contributed by atoms with van der Waals surface area (Å²) in [5.74, 6) is 3.58. The van der Waals surface area contributed by atoms with Crippen molar-refractivity contribution in [3.05, 3.63) is 77.9 Å². The van der Waals surface area contributed by atoms with Gasteiger partial charge in [-0.05, 0) is 83.9 Å². The van der Waals surface area contributed by atoms with Gasteiger partial charge in [-0.3, -0.25) is 14.9 Å². The molecule has 1 aliphatic heterocycles. The molecule has 0 radical (unpaired) electrons. The number of nitrogens with one attached hydrogen (secondary N) is 1. The summed E-state index contributed by atoms with van der Waals surface area (Å²) in [6, 6.07) is 20.6. The van der Waals surface area contributed by atoms with Crippen LogP contribution in [0.1, 0.15) is 36.1 Å². The fourth-order valence-corrected chi connectivity index (χ4v) is 4.58. The lowest BCUT2D eigenvalue weighted by Crippen LogP contribution is -2.20. The first-order valence-electron chi connectivity index (χ1n) is 11.9. The molecule has 0 aliphatic carbocycles. The van der Waals surface area contributed by atoms with Crippen LogP contribution in [0.5, 0.6) is 28.7 Å². The van der Waals surface area contributed by atoms with Gasteiger partial charge >= 0.3 is 0 Å². The van der Waals surface area contributed by atoms with Gasteiger partial charge in [0.25, 0.3) is 5.24 Å². The van der Waals surface area contributed by atoms with Crippen LogP contribution in [0.25, 0.3) is 0 Å². The second-order valence-electron chi connectivity index (χ2n) is 8.19. The third-order valence-corrected chi connectivity index (χ3v) is 6.57. The lowest BCUT2D eigenvalue weighted by molar-refractivity contribution is -0.119. The number of thioether (sulfide) groups is 1. The number of carbonyl (C=O) groups excluding carboxylic acids is 2. The Balaban J connectivity index is 1.25. The average molecular weight is 508 g/mol. The number of amides is 2. The zero-order valence-corrected chi connectivity index (χ0v) is 21.1. The van der Waals surface area contributed by atoms with Gasteiger partial charge in [0.1, 0.15) is 34.0 Å². The van der Waals surface area contributed by atoms with Gasteiger partial charge in [-0.2, -0.15) is 0 Å². The number of hydrogen-bond donors (Lipinski definition) is 1. The summed E-state index contributed by atoms with van der Waals surface area (Å²) in [5.41, 5.74) is 1.88. The Morgan fingerprint density at radius 1 is 0.833 bits per heavy atom. The topological polar surface area (TPSA) is 83.1 Å². The molecule has 3 aromatic rings. The van der Waals surface area contributed by atoms with Gasteiger partial charge in [0, 0.05) is 6.42 Å². The van der Waals surface area contributed by atoms with E-state index in [4.69, 9.17) is 18.9 Å². The Labute approximate surface area is 215 Å². The van der Waals surface area contributed by atoms with E-state index in [1.54, 1.807) is 7.11 Å². The molecule has 8 heteroatoms. The molecule has 0 saturated carbocycles. The molecule has 1 N–H and O–H groups in total. The predicted octanol–water partition coefficient (Wildman–Crippen LogP) is 6.31. The number of methoxy groups -OCH3 is 1. The minimum atomic E-state index is -0.495. The highest BCUT2D eigenvalue weighted by atomic mass is 32.2. The largest absolute Gasteiger partial charge is 0.497 e. The van der Waals surface area contributed by atoms with E-state index < -0.39 is 5.25 Å². The molecule has 1 saturated heterocycles. The maximum absolute atomic E-state index is 11.8. The fourth-order valence-electron chi connectivity index (χ4n) is 3.75. The van der Waals surface area contributed by atoms with Gasteiger partial charge in [0.2, 0.25) is 5.91 Å². The normalized spacial score (nSPS) is 14.9. The van der Waals surface area contributed by atoms with Crippen molar-refractivity contribution in [2.75, 3.05) is 20.3 Å². The van der Waals surface area contributed by atoms with Crippen LogP contribution in [0.2, 0.25) is 0 Å². The summed E-state index contributed by atoms with van der Waals surface area (Å²) in [7, 11) is 1.64. The SMILES string of the molecule is CCCc1cc(Oc2ccc(OC)cc2)ccc1OCCCOc1ccc(C2SC(=O)NC2=O)cc1. The zero-order chi connectivity index (χ0) is 25.3. The van der Waals surface area contributed by atoms with E-state index in [9.17, 15) is 9.59 Å². The van der Waals surface area contributed by atoms with E-state index in [0.717, 1.165) is 58.7 Å². The van der Waals surface area contributed by atoms with Gasteiger partial charge in [-0.15, -0.1) is 0 Å². The molecule has 1 aliphatic rings. The number of rotatable bonds is 12. The number of benzene rings is 3. The third kappa shape index (κ3) is 6.73. The van der Waals surface area contributed by atoms with Crippen LogP contribution in [0.4, 0.5) is 4.79 Å². The summed E-state index contributed by atoms with van der Waals surface area (Å²) in [4.78, 5) is 23.2.